The highest BCUT2D eigenvalue weighted by Gasteiger charge is 2.15. The van der Waals surface area contributed by atoms with Crippen LogP contribution in [0.5, 0.6) is 5.75 Å². The minimum atomic E-state index is -0.951. The van der Waals surface area contributed by atoms with E-state index in [1.807, 2.05) is 13.0 Å². The van der Waals surface area contributed by atoms with Gasteiger partial charge in [-0.15, -0.1) is 0 Å². The van der Waals surface area contributed by atoms with E-state index >= 15 is 0 Å². The number of nitrogens with one attached hydrogen (secondary N) is 1. The Balaban J connectivity index is 2.66. The molecule has 0 aliphatic heterocycles. The third-order valence-corrected chi connectivity index (χ3v) is 2.42. The van der Waals surface area contributed by atoms with Crippen molar-refractivity contribution in [2.75, 3.05) is 0 Å². The average Bonchev–Trinajstić information content (AvgIpc) is 2.32. The van der Waals surface area contributed by atoms with Crippen LogP contribution in [0.3, 0.4) is 0 Å². The summed E-state index contributed by atoms with van der Waals surface area (Å²) >= 11 is 0. The lowest BCUT2D eigenvalue weighted by atomic mass is 10.1. The Morgan fingerprint density at radius 1 is 1.44 bits per heavy atom. The predicted octanol–water partition coefficient (Wildman–Crippen LogP) is 0.550. The van der Waals surface area contributed by atoms with Crippen molar-refractivity contribution in [3.05, 3.63) is 45.9 Å². The van der Waals surface area contributed by atoms with E-state index in [1.165, 1.54) is 0 Å². The molecule has 0 unspecified atom stereocenters. The van der Waals surface area contributed by atoms with Crippen molar-refractivity contribution in [3.8, 4) is 17.1 Å². The molecule has 1 amide bonds. The number of rotatable bonds is 2. The van der Waals surface area contributed by atoms with E-state index in [0.29, 0.717) is 5.56 Å². The second-order valence-electron chi connectivity index (χ2n) is 3.85. The van der Waals surface area contributed by atoms with E-state index < -0.39 is 22.9 Å². The van der Waals surface area contributed by atoms with Crippen molar-refractivity contribution < 1.29 is 9.90 Å². The van der Waals surface area contributed by atoms with Gasteiger partial charge in [-0.05, 0) is 13.0 Å². The zero-order valence-electron chi connectivity index (χ0n) is 9.60. The maximum absolute atomic E-state index is 11.5. The molecule has 92 valence electrons. The molecule has 0 saturated heterocycles. The van der Waals surface area contributed by atoms with Crippen LogP contribution < -0.4 is 11.3 Å². The number of amides is 1. The molecule has 2 aromatic rings. The SMILES string of the molecule is Cc1cccc(-c2nc(C(N)=O)c(O)c(=O)[nH]2)c1. The number of hydrogen-bond donors (Lipinski definition) is 3. The number of nitrogens with zero attached hydrogens (tertiary/aromatic N) is 1. The van der Waals surface area contributed by atoms with Crippen molar-refractivity contribution in [1.29, 1.82) is 0 Å². The van der Waals surface area contributed by atoms with Crippen LogP contribution in [0.1, 0.15) is 16.1 Å². The highest BCUT2D eigenvalue weighted by atomic mass is 16.3. The summed E-state index contributed by atoms with van der Waals surface area (Å²) in [5, 5.41) is 9.39. The zero-order chi connectivity index (χ0) is 13.3. The summed E-state index contributed by atoms with van der Waals surface area (Å²) < 4.78 is 0. The topological polar surface area (TPSA) is 109 Å². The van der Waals surface area contributed by atoms with Crippen molar-refractivity contribution in [2.24, 2.45) is 5.73 Å². The lowest BCUT2D eigenvalue weighted by Crippen LogP contribution is -2.20. The summed E-state index contributed by atoms with van der Waals surface area (Å²) in [7, 11) is 0. The Labute approximate surface area is 102 Å². The van der Waals surface area contributed by atoms with E-state index in [2.05, 4.69) is 9.97 Å². The van der Waals surface area contributed by atoms with Crippen LogP contribution in [-0.4, -0.2) is 21.0 Å². The van der Waals surface area contributed by atoms with E-state index in [9.17, 15) is 14.7 Å². The first-order valence-electron chi connectivity index (χ1n) is 5.19. The zero-order valence-corrected chi connectivity index (χ0v) is 9.60. The molecule has 18 heavy (non-hydrogen) atoms. The molecular formula is C12H11N3O3. The molecule has 0 spiro atoms. The number of carbonyl (C=O) groups excluding carboxylic acids is 1. The van der Waals surface area contributed by atoms with Gasteiger partial charge >= 0.3 is 0 Å². The van der Waals surface area contributed by atoms with Crippen LogP contribution in [0.4, 0.5) is 0 Å². The summed E-state index contributed by atoms with van der Waals surface area (Å²) in [6, 6.07) is 7.20. The molecule has 1 aromatic heterocycles. The number of aromatic amines is 1. The largest absolute Gasteiger partial charge is 0.501 e. The predicted molar refractivity (Wildman–Crippen MR) is 65.2 cm³/mol. The molecule has 4 N–H and O–H groups in total. The van der Waals surface area contributed by atoms with Crippen LogP contribution in [-0.2, 0) is 0 Å². The normalized spacial score (nSPS) is 10.3. The average molecular weight is 245 g/mol. The summed E-state index contributed by atoms with van der Waals surface area (Å²) in [6.45, 7) is 1.89. The number of H-pyrrole nitrogens is 1. The molecule has 1 aromatic carbocycles. The summed E-state index contributed by atoms with van der Waals surface area (Å²) in [4.78, 5) is 28.8. The lowest BCUT2D eigenvalue weighted by Gasteiger charge is -2.04. The van der Waals surface area contributed by atoms with Crippen LogP contribution >= 0.6 is 0 Å². The molecule has 2 rings (SSSR count). The third-order valence-electron chi connectivity index (χ3n) is 2.42. The Morgan fingerprint density at radius 3 is 2.78 bits per heavy atom. The first-order chi connectivity index (χ1) is 8.49. The number of nitrogens with two attached hydrogens (primary N) is 1. The van der Waals surface area contributed by atoms with E-state index in [1.54, 1.807) is 18.2 Å². The monoisotopic (exact) mass is 245 g/mol. The lowest BCUT2D eigenvalue weighted by molar-refractivity contribution is 0.0992. The maximum Gasteiger partial charge on any atom is 0.294 e. The molecule has 1 heterocycles. The van der Waals surface area contributed by atoms with Gasteiger partial charge < -0.3 is 15.8 Å². The highest BCUT2D eigenvalue weighted by Crippen LogP contribution is 2.17. The summed E-state index contributed by atoms with van der Waals surface area (Å²) in [5.74, 6) is -1.53. The van der Waals surface area contributed by atoms with E-state index in [-0.39, 0.29) is 5.82 Å². The summed E-state index contributed by atoms with van der Waals surface area (Å²) in [5.41, 5.74) is 5.42. The Morgan fingerprint density at radius 2 is 2.17 bits per heavy atom. The number of primary amides is 1. The molecule has 0 atom stereocenters. The highest BCUT2D eigenvalue weighted by molar-refractivity contribution is 5.93. The van der Waals surface area contributed by atoms with Gasteiger partial charge in [0.1, 0.15) is 5.82 Å². The molecule has 0 aliphatic rings. The molecule has 6 nitrogen and oxygen atoms in total. The van der Waals surface area contributed by atoms with E-state index in [4.69, 9.17) is 5.73 Å². The second kappa shape index (κ2) is 4.33. The molecule has 0 aliphatic carbocycles. The molecule has 0 saturated carbocycles. The van der Waals surface area contributed by atoms with Crippen LogP contribution in [0.2, 0.25) is 0 Å². The molecular weight excluding hydrogens is 234 g/mol. The van der Waals surface area contributed by atoms with Gasteiger partial charge in [-0.3, -0.25) is 9.59 Å². The first-order valence-corrected chi connectivity index (χ1v) is 5.19. The number of aryl methyl sites for hydroxylation is 1. The Bertz CT molecular complexity index is 677. The number of aromatic hydroxyl groups is 1. The van der Waals surface area contributed by atoms with Gasteiger partial charge in [0.25, 0.3) is 11.5 Å². The number of carbonyl (C=O) groups is 1. The quantitative estimate of drug-likeness (QED) is 0.717. The van der Waals surface area contributed by atoms with Gasteiger partial charge in [0.2, 0.25) is 5.75 Å². The fraction of sp³-hybridized carbons (Fsp3) is 0.0833. The first kappa shape index (κ1) is 11.8. The minimum absolute atomic E-state index is 0.190. The third kappa shape index (κ3) is 2.08. The van der Waals surface area contributed by atoms with Crippen LogP contribution in [0.15, 0.2) is 29.1 Å². The number of aromatic nitrogens is 2. The molecule has 0 radical (unpaired) electrons. The van der Waals surface area contributed by atoms with Gasteiger partial charge in [0.15, 0.2) is 5.69 Å². The Hall–Kier alpha value is -2.63. The smallest absolute Gasteiger partial charge is 0.294 e. The standard InChI is InChI=1S/C12H11N3O3/c1-6-3-2-4-7(5-6)11-14-8(10(13)17)9(16)12(18)15-11/h2-5,16H,1H3,(H2,13,17)(H,14,15,18). The van der Waals surface area contributed by atoms with Gasteiger partial charge in [0.05, 0.1) is 0 Å². The maximum atomic E-state index is 11.5. The fourth-order valence-electron chi connectivity index (χ4n) is 1.57. The second-order valence-corrected chi connectivity index (χ2v) is 3.85. The van der Waals surface area contributed by atoms with Crippen molar-refractivity contribution in [1.82, 2.24) is 9.97 Å². The minimum Gasteiger partial charge on any atom is -0.501 e. The number of hydrogen-bond acceptors (Lipinski definition) is 4. The molecule has 0 bridgehead atoms. The van der Waals surface area contributed by atoms with Gasteiger partial charge in [0, 0.05) is 5.56 Å². The van der Waals surface area contributed by atoms with Crippen molar-refractivity contribution in [3.63, 3.8) is 0 Å². The van der Waals surface area contributed by atoms with Crippen LogP contribution in [0.25, 0.3) is 11.4 Å². The van der Waals surface area contributed by atoms with Crippen molar-refractivity contribution >= 4 is 5.91 Å². The fourth-order valence-corrected chi connectivity index (χ4v) is 1.57. The van der Waals surface area contributed by atoms with Gasteiger partial charge in [-0.25, -0.2) is 4.98 Å². The van der Waals surface area contributed by atoms with E-state index in [0.717, 1.165) is 5.56 Å². The summed E-state index contributed by atoms with van der Waals surface area (Å²) in [6.07, 6.45) is 0. The Kier molecular flexibility index (Phi) is 2.85. The van der Waals surface area contributed by atoms with Gasteiger partial charge in [-0.2, -0.15) is 0 Å². The number of benzene rings is 1. The van der Waals surface area contributed by atoms with Gasteiger partial charge in [-0.1, -0.05) is 23.8 Å². The molecule has 6 heteroatoms. The van der Waals surface area contributed by atoms with Crippen LogP contribution in [0, 0.1) is 6.92 Å². The molecule has 0 fully saturated rings. The van der Waals surface area contributed by atoms with Crippen molar-refractivity contribution in [2.45, 2.75) is 6.92 Å².